The van der Waals surface area contributed by atoms with E-state index in [1.165, 1.54) is 75.2 Å². The van der Waals surface area contributed by atoms with Crippen molar-refractivity contribution in [1.82, 2.24) is 0 Å². The van der Waals surface area contributed by atoms with Gasteiger partial charge in [-0.1, -0.05) is 122 Å². The zero-order chi connectivity index (χ0) is 30.2. The fourth-order valence-electron chi connectivity index (χ4n) is 9.60. The van der Waals surface area contributed by atoms with Crippen molar-refractivity contribution >= 4 is 38.6 Å². The Balaban J connectivity index is 1.10. The van der Waals surface area contributed by atoms with Gasteiger partial charge in [0.15, 0.2) is 0 Å². The van der Waals surface area contributed by atoms with Crippen molar-refractivity contribution in [3.8, 4) is 22.3 Å². The fourth-order valence-corrected chi connectivity index (χ4v) is 9.60. The van der Waals surface area contributed by atoms with Crippen molar-refractivity contribution in [2.24, 2.45) is 11.8 Å². The van der Waals surface area contributed by atoms with E-state index in [9.17, 15) is 0 Å². The van der Waals surface area contributed by atoms with Crippen molar-refractivity contribution < 1.29 is 0 Å². The summed E-state index contributed by atoms with van der Waals surface area (Å²) >= 11 is 0. The monoisotopic (exact) mass is 589 g/mol. The third-order valence-corrected chi connectivity index (χ3v) is 11.5. The van der Waals surface area contributed by atoms with Crippen molar-refractivity contribution in [2.45, 2.75) is 31.1 Å². The second kappa shape index (κ2) is 9.93. The summed E-state index contributed by atoms with van der Waals surface area (Å²) in [5, 5.41) is 5.07. The van der Waals surface area contributed by atoms with Crippen molar-refractivity contribution in [3.05, 3.63) is 163 Å². The number of hydrogen-bond acceptors (Lipinski definition) is 1. The Morgan fingerprint density at radius 1 is 0.500 bits per heavy atom. The molecule has 2 saturated carbocycles. The molecule has 7 aromatic carbocycles. The molecule has 0 N–H and O–H groups in total. The highest BCUT2D eigenvalue weighted by Crippen LogP contribution is 2.65. The van der Waals surface area contributed by atoms with Gasteiger partial charge in [0.1, 0.15) is 0 Å². The highest BCUT2D eigenvalue weighted by Gasteiger charge is 2.56. The van der Waals surface area contributed by atoms with Gasteiger partial charge in [-0.05, 0) is 117 Å². The van der Waals surface area contributed by atoms with Gasteiger partial charge < -0.3 is 4.90 Å². The minimum atomic E-state index is 0.200. The molecule has 3 atom stereocenters. The predicted octanol–water partition coefficient (Wildman–Crippen LogP) is 12.2. The quantitative estimate of drug-likeness (QED) is 0.185. The first-order valence-corrected chi connectivity index (χ1v) is 16.9. The second-order valence-electron chi connectivity index (χ2n) is 13.7. The van der Waals surface area contributed by atoms with Crippen LogP contribution in [0.25, 0.3) is 43.8 Å². The van der Waals surface area contributed by atoms with Gasteiger partial charge in [-0.2, -0.15) is 0 Å². The molecule has 3 unspecified atom stereocenters. The predicted molar refractivity (Wildman–Crippen MR) is 193 cm³/mol. The van der Waals surface area contributed by atoms with Gasteiger partial charge in [0, 0.05) is 22.2 Å². The molecule has 7 aromatic rings. The van der Waals surface area contributed by atoms with Crippen molar-refractivity contribution in [1.29, 1.82) is 0 Å². The standard InChI is InChI=1S/C45H35N/c1-2-11-35(12-3-1)46(44-28-33-10-4-5-13-37(33)38-14-6-7-16-41(38)44)36-23-19-31(20-24-36)32-21-25-40-39-15-8-9-17-42(39)45(43(40)27-32)29-30-18-22-34(45)26-30/h1-17,19-21,23-25,27-28,30,34H,18,22,26,29H2. The summed E-state index contributed by atoms with van der Waals surface area (Å²) in [4.78, 5) is 2.42. The zero-order valence-electron chi connectivity index (χ0n) is 25.9. The number of anilines is 3. The van der Waals surface area contributed by atoms with Gasteiger partial charge in [0.2, 0.25) is 0 Å². The summed E-state index contributed by atoms with van der Waals surface area (Å²) < 4.78 is 0. The largest absolute Gasteiger partial charge is 0.310 e. The van der Waals surface area contributed by atoms with Crippen LogP contribution in [0, 0.1) is 11.8 Å². The number of fused-ring (bicyclic) bond motifs is 11. The Bertz CT molecular complexity index is 2280. The number of rotatable bonds is 4. The maximum Gasteiger partial charge on any atom is 0.0546 e. The number of nitrogens with zero attached hydrogens (tertiary/aromatic N) is 1. The van der Waals surface area contributed by atoms with E-state index in [1.54, 1.807) is 11.1 Å². The zero-order valence-corrected chi connectivity index (χ0v) is 25.9. The first-order chi connectivity index (χ1) is 22.8. The summed E-state index contributed by atoms with van der Waals surface area (Å²) in [5.74, 6) is 1.65. The topological polar surface area (TPSA) is 3.24 Å². The van der Waals surface area contributed by atoms with Gasteiger partial charge in [0.25, 0.3) is 0 Å². The lowest BCUT2D eigenvalue weighted by molar-refractivity contribution is 0.327. The molecule has 1 heteroatoms. The normalized spacial score (nSPS) is 20.8. The van der Waals surface area contributed by atoms with Crippen LogP contribution < -0.4 is 4.90 Å². The molecule has 0 amide bonds. The first-order valence-electron chi connectivity index (χ1n) is 16.9. The van der Waals surface area contributed by atoms with Gasteiger partial charge in [-0.3, -0.25) is 0 Å². The van der Waals surface area contributed by atoms with Crippen LogP contribution in [-0.2, 0) is 5.41 Å². The number of benzene rings is 7. The molecule has 1 nitrogen and oxygen atoms in total. The molecule has 0 aliphatic heterocycles. The van der Waals surface area contributed by atoms with Gasteiger partial charge >= 0.3 is 0 Å². The van der Waals surface area contributed by atoms with Crippen LogP contribution in [0.2, 0.25) is 0 Å². The molecule has 0 aromatic heterocycles. The number of hydrogen-bond donors (Lipinski definition) is 0. The third kappa shape index (κ3) is 3.69. The summed E-state index contributed by atoms with van der Waals surface area (Å²) in [7, 11) is 0. The molecule has 3 aliphatic carbocycles. The molecular weight excluding hydrogens is 555 g/mol. The van der Waals surface area contributed by atoms with E-state index in [0.717, 1.165) is 23.2 Å². The van der Waals surface area contributed by atoms with Gasteiger partial charge in [-0.25, -0.2) is 0 Å². The SMILES string of the molecule is c1ccc(N(c2ccc(-c3ccc4c(c3)C3(CC5CCC3C5)c3ccccc3-4)cc2)c2cc3ccccc3c3ccccc23)cc1. The highest BCUT2D eigenvalue weighted by molar-refractivity contribution is 6.14. The maximum atomic E-state index is 2.55. The summed E-state index contributed by atoms with van der Waals surface area (Å²) in [6.45, 7) is 0. The van der Waals surface area contributed by atoms with E-state index >= 15 is 0 Å². The number of para-hydroxylation sites is 1. The van der Waals surface area contributed by atoms with Crippen LogP contribution in [0.4, 0.5) is 17.1 Å². The Hall–Kier alpha value is -5.14. The van der Waals surface area contributed by atoms with Crippen molar-refractivity contribution in [2.75, 3.05) is 4.90 Å². The van der Waals surface area contributed by atoms with Crippen LogP contribution in [-0.4, -0.2) is 0 Å². The van der Waals surface area contributed by atoms with E-state index in [-0.39, 0.29) is 5.41 Å². The molecule has 10 rings (SSSR count). The lowest BCUT2D eigenvalue weighted by Gasteiger charge is -2.36. The van der Waals surface area contributed by atoms with Crippen molar-refractivity contribution in [3.63, 3.8) is 0 Å². The minimum absolute atomic E-state index is 0.200. The maximum absolute atomic E-state index is 2.55. The van der Waals surface area contributed by atoms with Crippen LogP contribution in [0.5, 0.6) is 0 Å². The van der Waals surface area contributed by atoms with Crippen LogP contribution in [0.1, 0.15) is 36.8 Å². The van der Waals surface area contributed by atoms with E-state index < -0.39 is 0 Å². The van der Waals surface area contributed by atoms with E-state index in [0.29, 0.717) is 0 Å². The third-order valence-electron chi connectivity index (χ3n) is 11.5. The van der Waals surface area contributed by atoms with E-state index in [4.69, 9.17) is 0 Å². The van der Waals surface area contributed by atoms with Gasteiger partial charge in [-0.15, -0.1) is 0 Å². The summed E-state index contributed by atoms with van der Waals surface area (Å²) in [6, 6.07) is 56.5. The van der Waals surface area contributed by atoms with E-state index in [1.807, 2.05) is 0 Å². The molecular formula is C45H35N. The average Bonchev–Trinajstić information content (AvgIpc) is 3.82. The molecule has 0 heterocycles. The summed E-state index contributed by atoms with van der Waals surface area (Å²) in [5.41, 5.74) is 12.4. The minimum Gasteiger partial charge on any atom is -0.310 e. The Morgan fingerprint density at radius 2 is 1.17 bits per heavy atom. The van der Waals surface area contributed by atoms with Crippen LogP contribution in [0.3, 0.4) is 0 Å². The van der Waals surface area contributed by atoms with Gasteiger partial charge in [0.05, 0.1) is 5.69 Å². The lowest BCUT2D eigenvalue weighted by Crippen LogP contribution is -2.31. The molecule has 46 heavy (non-hydrogen) atoms. The molecule has 2 fully saturated rings. The Morgan fingerprint density at radius 3 is 1.98 bits per heavy atom. The smallest absolute Gasteiger partial charge is 0.0546 e. The average molecular weight is 590 g/mol. The summed E-state index contributed by atoms with van der Waals surface area (Å²) in [6.07, 6.45) is 5.49. The Kier molecular flexibility index (Phi) is 5.64. The molecule has 1 spiro atoms. The molecule has 0 saturated heterocycles. The lowest BCUT2D eigenvalue weighted by atomic mass is 9.66. The molecule has 0 radical (unpaired) electrons. The Labute approximate surface area is 270 Å². The fraction of sp³-hybridized carbons (Fsp3) is 0.156. The molecule has 220 valence electrons. The van der Waals surface area contributed by atoms with E-state index in [2.05, 4.69) is 157 Å². The molecule has 3 aliphatic rings. The first kappa shape index (κ1) is 26.1. The highest BCUT2D eigenvalue weighted by atomic mass is 15.1. The molecule has 2 bridgehead atoms. The second-order valence-corrected chi connectivity index (χ2v) is 13.7. The van der Waals surface area contributed by atoms with Crippen LogP contribution >= 0.6 is 0 Å². The van der Waals surface area contributed by atoms with Crippen LogP contribution in [0.15, 0.2) is 152 Å².